The zero-order chi connectivity index (χ0) is 11.5. The van der Waals surface area contributed by atoms with Crippen molar-refractivity contribution in [2.75, 3.05) is 6.54 Å². The summed E-state index contributed by atoms with van der Waals surface area (Å²) < 4.78 is 2.34. The van der Waals surface area contributed by atoms with Crippen molar-refractivity contribution < 1.29 is 0 Å². The maximum atomic E-state index is 4.26. The van der Waals surface area contributed by atoms with Crippen LogP contribution >= 0.6 is 0 Å². The molecule has 1 N–H and O–H groups in total. The highest BCUT2D eigenvalue weighted by Crippen LogP contribution is 2.35. The molecular formula is C14H21N3. The van der Waals surface area contributed by atoms with Crippen LogP contribution in [0.25, 0.3) is 0 Å². The molecule has 3 nitrogen and oxygen atoms in total. The lowest BCUT2D eigenvalue weighted by molar-refractivity contribution is 0.436. The molecule has 1 saturated carbocycles. The summed E-state index contributed by atoms with van der Waals surface area (Å²) in [5.74, 6) is 0.831. The first kappa shape index (κ1) is 11.0. The average Bonchev–Trinajstić information content (AvgIpc) is 3.11. The Morgan fingerprint density at radius 1 is 1.29 bits per heavy atom. The smallest absolute Gasteiger partial charge is 0.0951 e. The minimum Gasteiger partial charge on any atom is -0.330 e. The molecule has 1 fully saturated rings. The Morgan fingerprint density at radius 3 is 3.00 bits per heavy atom. The van der Waals surface area contributed by atoms with Crippen molar-refractivity contribution in [3.8, 4) is 0 Å². The molecule has 1 atom stereocenters. The van der Waals surface area contributed by atoms with Gasteiger partial charge in [0.15, 0.2) is 0 Å². The van der Waals surface area contributed by atoms with Crippen molar-refractivity contribution in [3.63, 3.8) is 0 Å². The number of rotatable bonds is 5. The van der Waals surface area contributed by atoms with E-state index in [0.717, 1.165) is 25.0 Å². The van der Waals surface area contributed by atoms with Gasteiger partial charge >= 0.3 is 0 Å². The summed E-state index contributed by atoms with van der Waals surface area (Å²) in [6.45, 7) is 2.11. The topological polar surface area (TPSA) is 29.9 Å². The molecule has 0 spiro atoms. The van der Waals surface area contributed by atoms with Crippen LogP contribution in [-0.4, -0.2) is 16.1 Å². The van der Waals surface area contributed by atoms with Gasteiger partial charge in [0.2, 0.25) is 0 Å². The van der Waals surface area contributed by atoms with Gasteiger partial charge < -0.3 is 9.88 Å². The van der Waals surface area contributed by atoms with E-state index in [4.69, 9.17) is 0 Å². The first-order valence-corrected chi connectivity index (χ1v) is 6.80. The van der Waals surface area contributed by atoms with E-state index in [0.29, 0.717) is 0 Å². The molecule has 1 unspecified atom stereocenters. The Labute approximate surface area is 103 Å². The number of allylic oxidation sites excluding steroid dienone is 2. The predicted molar refractivity (Wildman–Crippen MR) is 68.7 cm³/mol. The quantitative estimate of drug-likeness (QED) is 0.790. The van der Waals surface area contributed by atoms with Gasteiger partial charge in [-0.05, 0) is 44.6 Å². The third kappa shape index (κ3) is 2.78. The Kier molecular flexibility index (Phi) is 3.27. The summed E-state index contributed by atoms with van der Waals surface area (Å²) in [6, 6.07) is 0.743. The van der Waals surface area contributed by atoms with Gasteiger partial charge in [-0.3, -0.25) is 0 Å². The van der Waals surface area contributed by atoms with Gasteiger partial charge in [-0.25, -0.2) is 4.98 Å². The second kappa shape index (κ2) is 5.05. The molecule has 1 aromatic heterocycles. The Bertz CT molecular complexity index is 390. The summed E-state index contributed by atoms with van der Waals surface area (Å²) in [5, 5.41) is 3.59. The summed E-state index contributed by atoms with van der Waals surface area (Å²) in [7, 11) is 0. The van der Waals surface area contributed by atoms with Gasteiger partial charge in [-0.15, -0.1) is 0 Å². The Hall–Kier alpha value is -1.09. The van der Waals surface area contributed by atoms with Gasteiger partial charge in [0.1, 0.15) is 0 Å². The molecule has 3 rings (SSSR count). The van der Waals surface area contributed by atoms with Crippen molar-refractivity contribution in [1.29, 1.82) is 0 Å². The highest BCUT2D eigenvalue weighted by molar-refractivity contribution is 5.03. The molecule has 0 bridgehead atoms. The van der Waals surface area contributed by atoms with E-state index in [-0.39, 0.29) is 0 Å². The lowest BCUT2D eigenvalue weighted by Crippen LogP contribution is -2.24. The van der Waals surface area contributed by atoms with Crippen LogP contribution in [0.15, 0.2) is 24.7 Å². The SMILES string of the molecule is C1=CCC(CNCc2cncn2C2CC2)CC1. The van der Waals surface area contributed by atoms with Crippen molar-refractivity contribution >= 4 is 0 Å². The van der Waals surface area contributed by atoms with E-state index in [9.17, 15) is 0 Å². The van der Waals surface area contributed by atoms with Crippen LogP contribution in [0, 0.1) is 5.92 Å². The van der Waals surface area contributed by atoms with Crippen molar-refractivity contribution in [2.45, 2.75) is 44.7 Å². The van der Waals surface area contributed by atoms with Crippen molar-refractivity contribution in [3.05, 3.63) is 30.4 Å². The van der Waals surface area contributed by atoms with Gasteiger partial charge in [-0.2, -0.15) is 0 Å². The third-order valence-corrected chi connectivity index (χ3v) is 3.80. The molecule has 1 heterocycles. The van der Waals surface area contributed by atoms with Gasteiger partial charge in [-0.1, -0.05) is 12.2 Å². The van der Waals surface area contributed by atoms with Crippen molar-refractivity contribution in [1.82, 2.24) is 14.9 Å². The monoisotopic (exact) mass is 231 g/mol. The summed E-state index contributed by atoms with van der Waals surface area (Å²) >= 11 is 0. The van der Waals surface area contributed by atoms with E-state index in [2.05, 4.69) is 27.0 Å². The molecule has 1 aromatic rings. The predicted octanol–water partition coefficient (Wildman–Crippen LogP) is 2.66. The molecule has 0 aromatic carbocycles. The number of hydrogen-bond acceptors (Lipinski definition) is 2. The molecule has 2 aliphatic carbocycles. The fourth-order valence-corrected chi connectivity index (χ4v) is 2.60. The molecule has 3 heteroatoms. The first-order valence-electron chi connectivity index (χ1n) is 6.80. The highest BCUT2D eigenvalue weighted by Gasteiger charge is 2.24. The summed E-state index contributed by atoms with van der Waals surface area (Å²) in [4.78, 5) is 4.26. The maximum absolute atomic E-state index is 4.26. The zero-order valence-electron chi connectivity index (χ0n) is 10.3. The minimum atomic E-state index is 0.743. The Morgan fingerprint density at radius 2 is 2.24 bits per heavy atom. The molecule has 92 valence electrons. The van der Waals surface area contributed by atoms with Crippen LogP contribution in [0.2, 0.25) is 0 Å². The molecule has 2 aliphatic rings. The number of hydrogen-bond donors (Lipinski definition) is 1. The average molecular weight is 231 g/mol. The highest BCUT2D eigenvalue weighted by atomic mass is 15.1. The largest absolute Gasteiger partial charge is 0.330 e. The fourth-order valence-electron chi connectivity index (χ4n) is 2.60. The Balaban J connectivity index is 1.47. The minimum absolute atomic E-state index is 0.743. The second-order valence-corrected chi connectivity index (χ2v) is 5.30. The van der Waals surface area contributed by atoms with E-state index in [1.165, 1.54) is 37.8 Å². The van der Waals surface area contributed by atoms with Crippen LogP contribution in [0.5, 0.6) is 0 Å². The molecule has 0 amide bonds. The summed E-state index contributed by atoms with van der Waals surface area (Å²) in [5.41, 5.74) is 1.35. The van der Waals surface area contributed by atoms with E-state index in [1.54, 1.807) is 0 Å². The van der Waals surface area contributed by atoms with Crippen LogP contribution < -0.4 is 5.32 Å². The van der Waals surface area contributed by atoms with Crippen LogP contribution in [0.1, 0.15) is 43.8 Å². The summed E-state index contributed by atoms with van der Waals surface area (Å²) in [6.07, 6.45) is 15.1. The molecule has 0 aliphatic heterocycles. The van der Waals surface area contributed by atoms with Gasteiger partial charge in [0.25, 0.3) is 0 Å². The zero-order valence-corrected chi connectivity index (χ0v) is 10.3. The second-order valence-electron chi connectivity index (χ2n) is 5.30. The van der Waals surface area contributed by atoms with E-state index in [1.807, 2.05) is 12.5 Å². The maximum Gasteiger partial charge on any atom is 0.0951 e. The fraction of sp³-hybridized carbons (Fsp3) is 0.643. The lowest BCUT2D eigenvalue weighted by atomic mass is 9.94. The molecule has 0 saturated heterocycles. The van der Waals surface area contributed by atoms with Crippen molar-refractivity contribution in [2.24, 2.45) is 5.92 Å². The van der Waals surface area contributed by atoms with Gasteiger partial charge in [0, 0.05) is 18.8 Å². The normalized spacial score (nSPS) is 24.1. The number of aromatic nitrogens is 2. The first-order chi connectivity index (χ1) is 8.43. The number of nitrogens with one attached hydrogen (secondary N) is 1. The molecular weight excluding hydrogens is 210 g/mol. The molecule has 17 heavy (non-hydrogen) atoms. The molecule has 0 radical (unpaired) electrons. The van der Waals surface area contributed by atoms with Crippen LogP contribution in [-0.2, 0) is 6.54 Å². The lowest BCUT2D eigenvalue weighted by Gasteiger charge is -2.18. The van der Waals surface area contributed by atoms with Crippen LogP contribution in [0.3, 0.4) is 0 Å². The third-order valence-electron chi connectivity index (χ3n) is 3.80. The van der Waals surface area contributed by atoms with Gasteiger partial charge in [0.05, 0.1) is 12.0 Å². The standard InChI is InChI=1S/C14H21N3/c1-2-4-12(5-3-1)8-15-9-14-10-16-11-17(14)13-6-7-13/h1-2,10-13,15H,3-9H2. The van der Waals surface area contributed by atoms with E-state index >= 15 is 0 Å². The van der Waals surface area contributed by atoms with E-state index < -0.39 is 0 Å². The number of imidazole rings is 1. The van der Waals surface area contributed by atoms with Crippen LogP contribution in [0.4, 0.5) is 0 Å². The number of nitrogens with zero attached hydrogens (tertiary/aromatic N) is 2.